The van der Waals surface area contributed by atoms with Crippen LogP contribution in [0, 0.1) is 6.92 Å². The molecule has 2 aromatic carbocycles. The molecule has 0 aliphatic rings. The van der Waals surface area contributed by atoms with Crippen molar-refractivity contribution >= 4 is 50.9 Å². The molecule has 1 amide bonds. The molecule has 0 aliphatic heterocycles. The molecule has 0 aliphatic carbocycles. The Labute approximate surface area is 223 Å². The summed E-state index contributed by atoms with van der Waals surface area (Å²) in [5.41, 5.74) is 3.62. The average molecular weight is 534 g/mol. The summed E-state index contributed by atoms with van der Waals surface area (Å²) in [7, 11) is 0. The number of carbonyl (C=O) groups is 2. The normalized spacial score (nSPS) is 11.0. The smallest absolute Gasteiger partial charge is 0.338 e. The molecule has 7 nitrogen and oxygen atoms in total. The highest BCUT2D eigenvalue weighted by atomic mass is 32.2. The predicted molar refractivity (Wildman–Crippen MR) is 151 cm³/mol. The van der Waals surface area contributed by atoms with Crippen LogP contribution in [0.1, 0.15) is 29.8 Å². The number of aromatic nitrogens is 2. The zero-order valence-corrected chi connectivity index (χ0v) is 22.4. The maximum Gasteiger partial charge on any atom is 0.338 e. The van der Waals surface area contributed by atoms with Crippen LogP contribution in [0.25, 0.3) is 21.3 Å². The largest absolute Gasteiger partial charge is 0.459 e. The van der Waals surface area contributed by atoms with Gasteiger partial charge in [0.25, 0.3) is 5.56 Å². The fraction of sp³-hybridized carbons (Fsp3) is 0.214. The highest BCUT2D eigenvalue weighted by molar-refractivity contribution is 7.99. The SMILES string of the molecule is C=CCn1c(SCC(=O)Nc2cccc(C(=O)OC(C)C)c2)nc2scc(-c3ccc(C)cc3)c2c1=O. The fourth-order valence-electron chi connectivity index (χ4n) is 3.68. The van der Waals surface area contributed by atoms with Crippen molar-refractivity contribution in [1.29, 1.82) is 0 Å². The van der Waals surface area contributed by atoms with Crippen LogP contribution in [-0.4, -0.2) is 33.3 Å². The maximum atomic E-state index is 13.5. The number of amides is 1. The van der Waals surface area contributed by atoms with E-state index in [1.165, 1.54) is 23.1 Å². The Hall–Kier alpha value is -3.69. The molecule has 9 heteroatoms. The first-order chi connectivity index (χ1) is 17.8. The molecular weight excluding hydrogens is 506 g/mol. The zero-order valence-electron chi connectivity index (χ0n) is 20.8. The zero-order chi connectivity index (χ0) is 26.5. The summed E-state index contributed by atoms with van der Waals surface area (Å²) in [6.07, 6.45) is 1.40. The summed E-state index contributed by atoms with van der Waals surface area (Å²) >= 11 is 2.58. The van der Waals surface area contributed by atoms with Crippen LogP contribution >= 0.6 is 23.1 Å². The van der Waals surface area contributed by atoms with E-state index < -0.39 is 5.97 Å². The summed E-state index contributed by atoms with van der Waals surface area (Å²) in [6.45, 7) is 9.62. The van der Waals surface area contributed by atoms with Gasteiger partial charge in [0, 0.05) is 23.2 Å². The van der Waals surface area contributed by atoms with Gasteiger partial charge >= 0.3 is 5.97 Å². The van der Waals surface area contributed by atoms with Gasteiger partial charge in [0.2, 0.25) is 5.91 Å². The van der Waals surface area contributed by atoms with Crippen molar-refractivity contribution in [3.05, 3.63) is 88.0 Å². The number of aryl methyl sites for hydroxylation is 1. The Balaban J connectivity index is 1.54. The predicted octanol–water partition coefficient (Wildman–Crippen LogP) is 5.92. The van der Waals surface area contributed by atoms with E-state index in [1.54, 1.807) is 48.8 Å². The third-order valence-corrected chi connectivity index (χ3v) is 7.24. The number of thioether (sulfide) groups is 1. The molecule has 1 N–H and O–H groups in total. The van der Waals surface area contributed by atoms with Crippen LogP contribution in [0.2, 0.25) is 0 Å². The molecule has 0 unspecified atom stereocenters. The van der Waals surface area contributed by atoms with E-state index >= 15 is 0 Å². The Bertz CT molecular complexity index is 1520. The van der Waals surface area contributed by atoms with E-state index in [-0.39, 0.29) is 29.9 Å². The van der Waals surface area contributed by atoms with Crippen molar-refractivity contribution in [2.75, 3.05) is 11.1 Å². The topological polar surface area (TPSA) is 90.3 Å². The first-order valence-electron chi connectivity index (χ1n) is 11.7. The number of ether oxygens (including phenoxy) is 1. The summed E-state index contributed by atoms with van der Waals surface area (Å²) in [5.74, 6) is -0.704. The monoisotopic (exact) mass is 533 g/mol. The average Bonchev–Trinajstić information content (AvgIpc) is 3.29. The number of fused-ring (bicyclic) bond motifs is 1. The molecule has 37 heavy (non-hydrogen) atoms. The number of benzene rings is 2. The maximum absolute atomic E-state index is 13.5. The molecule has 0 spiro atoms. The number of nitrogens with zero attached hydrogens (tertiary/aromatic N) is 2. The lowest BCUT2D eigenvalue weighted by atomic mass is 10.1. The number of nitrogens with one attached hydrogen (secondary N) is 1. The van der Waals surface area contributed by atoms with Gasteiger partial charge in [-0.05, 0) is 44.5 Å². The van der Waals surface area contributed by atoms with E-state index in [0.29, 0.717) is 26.6 Å². The van der Waals surface area contributed by atoms with Crippen LogP contribution in [0.15, 0.2) is 76.5 Å². The third kappa shape index (κ3) is 6.18. The summed E-state index contributed by atoms with van der Waals surface area (Å²) in [4.78, 5) is 43.7. The molecule has 4 rings (SSSR count). The molecule has 4 aromatic rings. The van der Waals surface area contributed by atoms with E-state index in [9.17, 15) is 14.4 Å². The van der Waals surface area contributed by atoms with Crippen molar-refractivity contribution in [2.45, 2.75) is 38.6 Å². The Morgan fingerprint density at radius 1 is 1.22 bits per heavy atom. The lowest BCUT2D eigenvalue weighted by Gasteiger charge is -2.12. The van der Waals surface area contributed by atoms with Gasteiger partial charge in [0.1, 0.15) is 4.83 Å². The van der Waals surface area contributed by atoms with Crippen LogP contribution in [-0.2, 0) is 16.1 Å². The molecule has 0 saturated carbocycles. The second kappa shape index (κ2) is 11.6. The number of allylic oxidation sites excluding steroid dienone is 1. The summed E-state index contributed by atoms with van der Waals surface area (Å²) in [5, 5.41) is 5.75. The van der Waals surface area contributed by atoms with Crippen molar-refractivity contribution in [3.8, 4) is 11.1 Å². The number of thiophene rings is 1. The van der Waals surface area contributed by atoms with Crippen LogP contribution in [0.5, 0.6) is 0 Å². The lowest BCUT2D eigenvalue weighted by Crippen LogP contribution is -2.23. The van der Waals surface area contributed by atoms with E-state index in [4.69, 9.17) is 9.72 Å². The number of hydrogen-bond acceptors (Lipinski definition) is 7. The Morgan fingerprint density at radius 2 is 1.97 bits per heavy atom. The molecule has 0 bridgehead atoms. The molecular formula is C28H27N3O4S2. The van der Waals surface area contributed by atoms with Crippen molar-refractivity contribution in [1.82, 2.24) is 9.55 Å². The molecule has 0 saturated heterocycles. The second-order valence-electron chi connectivity index (χ2n) is 8.67. The number of hydrogen-bond donors (Lipinski definition) is 1. The lowest BCUT2D eigenvalue weighted by molar-refractivity contribution is -0.113. The van der Waals surface area contributed by atoms with Crippen LogP contribution < -0.4 is 10.9 Å². The number of carbonyl (C=O) groups excluding carboxylic acids is 2. The number of rotatable bonds is 9. The number of esters is 1. The minimum atomic E-state index is -0.452. The van der Waals surface area contributed by atoms with Gasteiger partial charge in [0.05, 0.1) is 22.8 Å². The standard InChI is InChI=1S/C28H27N3O4S2/c1-5-13-31-26(33)24-22(19-11-9-18(4)10-12-19)15-36-25(24)30-28(31)37-16-23(32)29-21-8-6-7-20(14-21)27(34)35-17(2)3/h5-12,14-15,17H,1,13,16H2,2-4H3,(H,29,32). The second-order valence-corrected chi connectivity index (χ2v) is 10.5. The summed E-state index contributed by atoms with van der Waals surface area (Å²) < 4.78 is 6.76. The van der Waals surface area contributed by atoms with Gasteiger partial charge in [-0.1, -0.05) is 53.7 Å². The van der Waals surface area contributed by atoms with Gasteiger partial charge in [-0.25, -0.2) is 9.78 Å². The minimum absolute atomic E-state index is 0.0337. The highest BCUT2D eigenvalue weighted by Crippen LogP contribution is 2.32. The Morgan fingerprint density at radius 3 is 2.68 bits per heavy atom. The molecule has 0 atom stereocenters. The third-order valence-electron chi connectivity index (χ3n) is 5.39. The van der Waals surface area contributed by atoms with Gasteiger partial charge in [-0.15, -0.1) is 17.9 Å². The molecule has 190 valence electrons. The van der Waals surface area contributed by atoms with E-state index in [2.05, 4.69) is 11.9 Å². The van der Waals surface area contributed by atoms with Crippen molar-refractivity contribution in [2.24, 2.45) is 0 Å². The van der Waals surface area contributed by atoms with Crippen molar-refractivity contribution < 1.29 is 14.3 Å². The molecule has 2 heterocycles. The van der Waals surface area contributed by atoms with Crippen molar-refractivity contribution in [3.63, 3.8) is 0 Å². The van der Waals surface area contributed by atoms with Crippen LogP contribution in [0.3, 0.4) is 0 Å². The summed E-state index contributed by atoms with van der Waals surface area (Å²) in [6, 6.07) is 14.6. The van der Waals surface area contributed by atoms with Gasteiger partial charge in [0.15, 0.2) is 5.16 Å². The fourth-order valence-corrected chi connectivity index (χ4v) is 5.48. The quantitative estimate of drug-likeness (QED) is 0.124. The van der Waals surface area contributed by atoms with E-state index in [0.717, 1.165) is 16.7 Å². The van der Waals surface area contributed by atoms with Crippen LogP contribution in [0.4, 0.5) is 5.69 Å². The van der Waals surface area contributed by atoms with Gasteiger partial charge in [-0.3, -0.25) is 14.2 Å². The van der Waals surface area contributed by atoms with Gasteiger partial charge < -0.3 is 10.1 Å². The number of anilines is 1. The van der Waals surface area contributed by atoms with Gasteiger partial charge in [-0.2, -0.15) is 0 Å². The highest BCUT2D eigenvalue weighted by Gasteiger charge is 2.18. The molecule has 0 radical (unpaired) electrons. The first kappa shape index (κ1) is 26.4. The van der Waals surface area contributed by atoms with E-state index in [1.807, 2.05) is 36.6 Å². The Kier molecular flexibility index (Phi) is 8.25. The molecule has 2 aromatic heterocycles. The minimum Gasteiger partial charge on any atom is -0.459 e. The molecule has 0 fully saturated rings. The first-order valence-corrected chi connectivity index (χ1v) is 13.6.